The Hall–Kier alpha value is -0.890. The van der Waals surface area contributed by atoms with Crippen molar-refractivity contribution >= 4 is 43.0 Å². The number of thiophene rings is 1. The van der Waals surface area contributed by atoms with Crippen molar-refractivity contribution in [1.82, 2.24) is 4.72 Å². The highest BCUT2D eigenvalue weighted by Crippen LogP contribution is 2.25. The molecule has 0 fully saturated rings. The van der Waals surface area contributed by atoms with E-state index in [1.54, 1.807) is 23.5 Å². The molecule has 4 nitrogen and oxygen atoms in total. The van der Waals surface area contributed by atoms with E-state index in [0.29, 0.717) is 16.7 Å². The number of nitrogen functional groups attached to an aromatic ring is 1. The zero-order chi connectivity index (χ0) is 14.9. The monoisotopic (exact) mass is 374 g/mol. The first kappa shape index (κ1) is 15.5. The number of nitrogens with one attached hydrogen (secondary N) is 1. The summed E-state index contributed by atoms with van der Waals surface area (Å²) >= 11 is 4.83. The molecule has 7 heteroatoms. The first-order chi connectivity index (χ1) is 9.29. The highest BCUT2D eigenvalue weighted by Gasteiger charge is 2.17. The molecule has 0 unspecified atom stereocenters. The van der Waals surface area contributed by atoms with Gasteiger partial charge in [0.1, 0.15) is 0 Å². The molecule has 0 saturated carbocycles. The SMILES string of the molecule is Cc1cc(CNS(=O)(=O)c2ccc(N)cc2Br)sc1C. The van der Waals surface area contributed by atoms with Crippen molar-refractivity contribution in [1.29, 1.82) is 0 Å². The van der Waals surface area contributed by atoms with Gasteiger partial charge in [0.25, 0.3) is 0 Å². The zero-order valence-electron chi connectivity index (χ0n) is 11.1. The van der Waals surface area contributed by atoms with Gasteiger partial charge >= 0.3 is 0 Å². The first-order valence-corrected chi connectivity index (χ1v) is 8.99. The molecule has 0 aliphatic heterocycles. The van der Waals surface area contributed by atoms with Gasteiger partial charge in [-0.1, -0.05) is 0 Å². The Morgan fingerprint density at radius 3 is 2.55 bits per heavy atom. The van der Waals surface area contributed by atoms with Crippen LogP contribution in [0.2, 0.25) is 0 Å². The van der Waals surface area contributed by atoms with Gasteiger partial charge in [-0.05, 0) is 59.6 Å². The molecule has 1 aromatic heterocycles. The van der Waals surface area contributed by atoms with Crippen LogP contribution >= 0.6 is 27.3 Å². The minimum atomic E-state index is -3.56. The molecule has 0 spiro atoms. The third kappa shape index (κ3) is 3.41. The van der Waals surface area contributed by atoms with Crippen LogP contribution in [-0.4, -0.2) is 8.42 Å². The topological polar surface area (TPSA) is 72.2 Å². The van der Waals surface area contributed by atoms with E-state index in [1.165, 1.54) is 16.5 Å². The molecular weight excluding hydrogens is 360 g/mol. The molecule has 0 atom stereocenters. The Bertz CT molecular complexity index is 719. The molecule has 0 saturated heterocycles. The fourth-order valence-electron chi connectivity index (χ4n) is 1.72. The van der Waals surface area contributed by atoms with E-state index in [4.69, 9.17) is 5.73 Å². The molecule has 3 N–H and O–H groups in total. The van der Waals surface area contributed by atoms with E-state index in [1.807, 2.05) is 19.9 Å². The van der Waals surface area contributed by atoms with Crippen molar-refractivity contribution in [3.63, 3.8) is 0 Å². The lowest BCUT2D eigenvalue weighted by Gasteiger charge is -2.08. The van der Waals surface area contributed by atoms with Gasteiger partial charge in [-0.3, -0.25) is 0 Å². The molecule has 0 aliphatic carbocycles. The van der Waals surface area contributed by atoms with Gasteiger partial charge < -0.3 is 5.73 Å². The maximum Gasteiger partial charge on any atom is 0.242 e. The van der Waals surface area contributed by atoms with E-state index in [0.717, 1.165) is 4.88 Å². The molecule has 0 bridgehead atoms. The Morgan fingerprint density at radius 2 is 2.00 bits per heavy atom. The molecule has 20 heavy (non-hydrogen) atoms. The molecule has 0 aliphatic rings. The standard InChI is InChI=1S/C13H15BrN2O2S2/c1-8-5-11(19-9(8)2)7-16-20(17,18)13-4-3-10(15)6-12(13)14/h3-6,16H,7,15H2,1-2H3. The van der Waals surface area contributed by atoms with Crippen molar-refractivity contribution < 1.29 is 8.42 Å². The normalized spacial score (nSPS) is 11.8. The summed E-state index contributed by atoms with van der Waals surface area (Å²) in [6, 6.07) is 6.64. The maximum atomic E-state index is 12.3. The summed E-state index contributed by atoms with van der Waals surface area (Å²) in [6.45, 7) is 4.33. The van der Waals surface area contributed by atoms with Gasteiger partial charge in [0.05, 0.1) is 4.90 Å². The number of aryl methyl sites for hydroxylation is 2. The largest absolute Gasteiger partial charge is 0.399 e. The van der Waals surface area contributed by atoms with Gasteiger partial charge in [0.2, 0.25) is 10.0 Å². The van der Waals surface area contributed by atoms with Crippen molar-refractivity contribution in [2.75, 3.05) is 5.73 Å². The second-order valence-corrected chi connectivity index (χ2v) is 8.40. The summed E-state index contributed by atoms with van der Waals surface area (Å²) in [6.07, 6.45) is 0. The van der Waals surface area contributed by atoms with E-state index < -0.39 is 10.0 Å². The highest BCUT2D eigenvalue weighted by molar-refractivity contribution is 9.10. The van der Waals surface area contributed by atoms with Crippen molar-refractivity contribution in [2.45, 2.75) is 25.3 Å². The smallest absolute Gasteiger partial charge is 0.242 e. The van der Waals surface area contributed by atoms with Crippen molar-refractivity contribution in [3.8, 4) is 0 Å². The number of hydrogen-bond donors (Lipinski definition) is 2. The third-order valence-corrected chi connectivity index (χ3v) is 6.43. The number of sulfonamides is 1. The van der Waals surface area contributed by atoms with Gasteiger partial charge in [-0.2, -0.15) is 0 Å². The highest BCUT2D eigenvalue weighted by atomic mass is 79.9. The average Bonchev–Trinajstić information content (AvgIpc) is 2.66. The van der Waals surface area contributed by atoms with E-state index in [2.05, 4.69) is 20.7 Å². The van der Waals surface area contributed by atoms with Gasteiger partial charge in [0, 0.05) is 26.5 Å². The van der Waals surface area contributed by atoms with Gasteiger partial charge in [-0.25, -0.2) is 13.1 Å². The van der Waals surface area contributed by atoms with Gasteiger partial charge in [-0.15, -0.1) is 11.3 Å². The molecule has 1 aromatic carbocycles. The number of benzene rings is 1. The second-order valence-electron chi connectivity index (χ2n) is 4.47. The quantitative estimate of drug-likeness (QED) is 0.807. The van der Waals surface area contributed by atoms with Crippen LogP contribution in [0.5, 0.6) is 0 Å². The van der Waals surface area contributed by atoms with E-state index >= 15 is 0 Å². The molecular formula is C13H15BrN2O2S2. The van der Waals surface area contributed by atoms with Crippen molar-refractivity contribution in [2.24, 2.45) is 0 Å². The number of rotatable bonds is 4. The van der Waals surface area contributed by atoms with Crippen LogP contribution < -0.4 is 10.5 Å². The fourth-order valence-corrected chi connectivity index (χ4v) is 4.90. The van der Waals surface area contributed by atoms with Crippen LogP contribution in [0.3, 0.4) is 0 Å². The molecule has 108 valence electrons. The van der Waals surface area contributed by atoms with Crippen LogP contribution in [0.25, 0.3) is 0 Å². The van der Waals surface area contributed by atoms with Crippen LogP contribution in [0.1, 0.15) is 15.3 Å². The van der Waals surface area contributed by atoms with Crippen LogP contribution in [0.15, 0.2) is 33.6 Å². The summed E-state index contributed by atoms with van der Waals surface area (Å²) < 4.78 is 27.6. The molecule has 0 radical (unpaired) electrons. The number of nitrogens with two attached hydrogens (primary N) is 1. The minimum absolute atomic E-state index is 0.191. The first-order valence-electron chi connectivity index (χ1n) is 5.90. The lowest BCUT2D eigenvalue weighted by Crippen LogP contribution is -2.23. The Kier molecular flexibility index (Phi) is 4.53. The van der Waals surface area contributed by atoms with Crippen LogP contribution in [-0.2, 0) is 16.6 Å². The number of halogens is 1. The van der Waals surface area contributed by atoms with Crippen LogP contribution in [0, 0.1) is 13.8 Å². The summed E-state index contributed by atoms with van der Waals surface area (Å²) in [4.78, 5) is 2.39. The Morgan fingerprint density at radius 1 is 1.30 bits per heavy atom. The number of anilines is 1. The Balaban J connectivity index is 2.19. The minimum Gasteiger partial charge on any atom is -0.399 e. The molecule has 2 rings (SSSR count). The van der Waals surface area contributed by atoms with E-state index in [-0.39, 0.29) is 4.90 Å². The summed E-state index contributed by atoms with van der Waals surface area (Å²) in [5.41, 5.74) is 7.30. The predicted molar refractivity (Wildman–Crippen MR) is 86.4 cm³/mol. The Labute approximate surface area is 131 Å². The average molecular weight is 375 g/mol. The summed E-state index contributed by atoms with van der Waals surface area (Å²) in [5.74, 6) is 0. The summed E-state index contributed by atoms with van der Waals surface area (Å²) in [5, 5.41) is 0. The summed E-state index contributed by atoms with van der Waals surface area (Å²) in [7, 11) is -3.56. The molecule has 2 aromatic rings. The predicted octanol–water partition coefficient (Wildman–Crippen LogP) is 3.19. The van der Waals surface area contributed by atoms with E-state index in [9.17, 15) is 8.42 Å². The lowest BCUT2D eigenvalue weighted by atomic mass is 10.3. The molecule has 1 heterocycles. The maximum absolute atomic E-state index is 12.3. The zero-order valence-corrected chi connectivity index (χ0v) is 14.3. The fraction of sp³-hybridized carbons (Fsp3) is 0.231. The third-order valence-electron chi connectivity index (χ3n) is 2.90. The molecule has 0 amide bonds. The number of hydrogen-bond acceptors (Lipinski definition) is 4. The van der Waals surface area contributed by atoms with Gasteiger partial charge in [0.15, 0.2) is 0 Å². The lowest BCUT2D eigenvalue weighted by molar-refractivity contribution is 0.581. The second kappa shape index (κ2) is 5.85. The van der Waals surface area contributed by atoms with Crippen molar-refractivity contribution in [3.05, 3.63) is 44.1 Å². The van der Waals surface area contributed by atoms with Crippen LogP contribution in [0.4, 0.5) is 5.69 Å².